The van der Waals surface area contributed by atoms with Crippen LogP contribution < -0.4 is 10.6 Å². The molecule has 0 unspecified atom stereocenters. The first-order valence-corrected chi connectivity index (χ1v) is 6.56. The Bertz CT molecular complexity index is 452. The van der Waals surface area contributed by atoms with Crippen LogP contribution in [-0.2, 0) is 11.3 Å². The summed E-state index contributed by atoms with van der Waals surface area (Å²) in [6.07, 6.45) is 2.27. The van der Waals surface area contributed by atoms with Crippen LogP contribution in [-0.4, -0.2) is 23.7 Å². The average Bonchev–Trinajstić information content (AvgIpc) is 2.40. The molecule has 3 N–H and O–H groups in total. The molecule has 0 aliphatic heterocycles. The second-order valence-electron chi connectivity index (χ2n) is 4.44. The van der Waals surface area contributed by atoms with Gasteiger partial charge in [-0.3, -0.25) is 4.79 Å². The summed E-state index contributed by atoms with van der Waals surface area (Å²) in [5.41, 5.74) is 0.696. The molecule has 0 aliphatic carbocycles. The highest BCUT2D eigenvalue weighted by molar-refractivity contribution is 5.73. The summed E-state index contributed by atoms with van der Waals surface area (Å²) in [5.74, 6) is -1.13. The van der Waals surface area contributed by atoms with Gasteiger partial charge >= 0.3 is 12.0 Å². The topological polar surface area (TPSA) is 78.4 Å². The fourth-order valence-electron chi connectivity index (χ4n) is 1.67. The zero-order valence-corrected chi connectivity index (χ0v) is 11.2. The third kappa shape index (κ3) is 7.35. The van der Waals surface area contributed by atoms with E-state index in [2.05, 4.69) is 10.6 Å². The van der Waals surface area contributed by atoms with Gasteiger partial charge in [-0.05, 0) is 30.5 Å². The number of unbranched alkanes of at least 4 members (excludes halogenated alkanes) is 2. The SMILES string of the molecule is O=C(O)CCCCCNC(=O)NCc1cccc(F)c1. The molecular weight excluding hydrogens is 263 g/mol. The van der Waals surface area contributed by atoms with Crippen molar-refractivity contribution in [3.05, 3.63) is 35.6 Å². The largest absolute Gasteiger partial charge is 0.481 e. The van der Waals surface area contributed by atoms with E-state index in [1.54, 1.807) is 12.1 Å². The van der Waals surface area contributed by atoms with Gasteiger partial charge in [0, 0.05) is 19.5 Å². The highest BCUT2D eigenvalue weighted by Gasteiger charge is 2.01. The molecule has 0 fully saturated rings. The van der Waals surface area contributed by atoms with Gasteiger partial charge in [0.05, 0.1) is 0 Å². The molecule has 110 valence electrons. The third-order valence-electron chi connectivity index (χ3n) is 2.70. The van der Waals surface area contributed by atoms with Crippen LogP contribution in [0.4, 0.5) is 9.18 Å². The van der Waals surface area contributed by atoms with Crippen molar-refractivity contribution in [1.82, 2.24) is 10.6 Å². The van der Waals surface area contributed by atoms with Gasteiger partial charge in [-0.25, -0.2) is 9.18 Å². The van der Waals surface area contributed by atoms with E-state index in [1.807, 2.05) is 0 Å². The number of carbonyl (C=O) groups is 2. The number of hydrogen-bond acceptors (Lipinski definition) is 2. The normalized spacial score (nSPS) is 10.1. The summed E-state index contributed by atoms with van der Waals surface area (Å²) >= 11 is 0. The van der Waals surface area contributed by atoms with Gasteiger partial charge in [0.15, 0.2) is 0 Å². The van der Waals surface area contributed by atoms with Gasteiger partial charge in [0.2, 0.25) is 0 Å². The molecule has 0 heterocycles. The molecule has 0 saturated heterocycles. The molecule has 0 saturated carbocycles. The fourth-order valence-corrected chi connectivity index (χ4v) is 1.67. The molecule has 2 amide bonds. The van der Waals surface area contributed by atoms with E-state index in [0.717, 1.165) is 12.8 Å². The number of urea groups is 1. The number of hydrogen-bond donors (Lipinski definition) is 3. The van der Waals surface area contributed by atoms with E-state index in [9.17, 15) is 14.0 Å². The predicted molar refractivity (Wildman–Crippen MR) is 72.7 cm³/mol. The van der Waals surface area contributed by atoms with Crippen LogP contribution in [0.15, 0.2) is 24.3 Å². The smallest absolute Gasteiger partial charge is 0.315 e. The maximum atomic E-state index is 12.9. The molecular formula is C14H19FN2O3. The van der Waals surface area contributed by atoms with Crippen molar-refractivity contribution < 1.29 is 19.1 Å². The van der Waals surface area contributed by atoms with Crippen LogP contribution in [0.1, 0.15) is 31.2 Å². The lowest BCUT2D eigenvalue weighted by Gasteiger charge is -2.07. The van der Waals surface area contributed by atoms with E-state index in [1.165, 1.54) is 12.1 Å². The lowest BCUT2D eigenvalue weighted by Crippen LogP contribution is -2.35. The molecule has 1 rings (SSSR count). The first-order chi connectivity index (χ1) is 9.58. The molecule has 0 atom stereocenters. The van der Waals surface area contributed by atoms with Crippen molar-refractivity contribution in [2.24, 2.45) is 0 Å². The Balaban J connectivity index is 2.07. The van der Waals surface area contributed by atoms with Crippen molar-refractivity contribution in [2.75, 3.05) is 6.54 Å². The number of amides is 2. The molecule has 1 aromatic carbocycles. The second-order valence-corrected chi connectivity index (χ2v) is 4.44. The minimum Gasteiger partial charge on any atom is -0.481 e. The maximum Gasteiger partial charge on any atom is 0.315 e. The fraction of sp³-hybridized carbons (Fsp3) is 0.429. The van der Waals surface area contributed by atoms with Gasteiger partial charge in [-0.15, -0.1) is 0 Å². The average molecular weight is 282 g/mol. The maximum absolute atomic E-state index is 12.9. The predicted octanol–water partition coefficient (Wildman–Crippen LogP) is 2.27. The Morgan fingerprint density at radius 1 is 1.15 bits per heavy atom. The van der Waals surface area contributed by atoms with E-state index >= 15 is 0 Å². The first kappa shape index (κ1) is 15.9. The first-order valence-electron chi connectivity index (χ1n) is 6.56. The van der Waals surface area contributed by atoms with Crippen molar-refractivity contribution >= 4 is 12.0 Å². The monoisotopic (exact) mass is 282 g/mol. The molecule has 0 spiro atoms. The van der Waals surface area contributed by atoms with E-state index in [-0.39, 0.29) is 24.8 Å². The second kappa shape index (κ2) is 8.90. The van der Waals surface area contributed by atoms with E-state index in [4.69, 9.17) is 5.11 Å². The van der Waals surface area contributed by atoms with Crippen LogP contribution >= 0.6 is 0 Å². The highest BCUT2D eigenvalue weighted by Crippen LogP contribution is 2.02. The number of carbonyl (C=O) groups excluding carboxylic acids is 1. The summed E-state index contributed by atoms with van der Waals surface area (Å²) < 4.78 is 12.9. The molecule has 5 nitrogen and oxygen atoms in total. The lowest BCUT2D eigenvalue weighted by atomic mass is 10.2. The number of carboxylic acid groups (broad SMARTS) is 1. The number of carboxylic acids is 1. The standard InChI is InChI=1S/C14H19FN2O3/c15-12-6-4-5-11(9-12)10-17-14(20)16-8-3-1-2-7-13(18)19/h4-6,9H,1-3,7-8,10H2,(H,18,19)(H2,16,17,20). The highest BCUT2D eigenvalue weighted by atomic mass is 19.1. The molecule has 1 aromatic rings. The van der Waals surface area contributed by atoms with E-state index < -0.39 is 5.97 Å². The van der Waals surface area contributed by atoms with Crippen LogP contribution in [0.25, 0.3) is 0 Å². The molecule has 6 heteroatoms. The number of aliphatic carboxylic acids is 1. The van der Waals surface area contributed by atoms with Gasteiger partial charge < -0.3 is 15.7 Å². The van der Waals surface area contributed by atoms with Crippen LogP contribution in [0, 0.1) is 5.82 Å². The summed E-state index contributed by atoms with van der Waals surface area (Å²) in [4.78, 5) is 21.7. The zero-order chi connectivity index (χ0) is 14.8. The van der Waals surface area contributed by atoms with Gasteiger partial charge in [0.25, 0.3) is 0 Å². The summed E-state index contributed by atoms with van der Waals surface area (Å²) in [7, 11) is 0. The number of nitrogens with one attached hydrogen (secondary N) is 2. The Morgan fingerprint density at radius 2 is 1.95 bits per heavy atom. The van der Waals surface area contributed by atoms with Crippen molar-refractivity contribution in [1.29, 1.82) is 0 Å². The van der Waals surface area contributed by atoms with Crippen LogP contribution in [0.2, 0.25) is 0 Å². The van der Waals surface area contributed by atoms with Crippen LogP contribution in [0.5, 0.6) is 0 Å². The van der Waals surface area contributed by atoms with Gasteiger partial charge in [-0.2, -0.15) is 0 Å². The van der Waals surface area contributed by atoms with Gasteiger partial charge in [-0.1, -0.05) is 18.6 Å². The van der Waals surface area contributed by atoms with Gasteiger partial charge in [0.1, 0.15) is 5.82 Å². The Hall–Kier alpha value is -2.11. The summed E-state index contributed by atoms with van der Waals surface area (Å²) in [6.45, 7) is 0.761. The minimum atomic E-state index is -0.800. The third-order valence-corrected chi connectivity index (χ3v) is 2.70. The zero-order valence-electron chi connectivity index (χ0n) is 11.2. The number of halogens is 1. The van der Waals surface area contributed by atoms with Crippen molar-refractivity contribution in [3.63, 3.8) is 0 Å². The molecule has 0 aliphatic rings. The van der Waals surface area contributed by atoms with Crippen LogP contribution in [0.3, 0.4) is 0 Å². The quantitative estimate of drug-likeness (QED) is 0.640. The summed E-state index contributed by atoms with van der Waals surface area (Å²) in [5, 5.41) is 13.7. The Morgan fingerprint density at radius 3 is 2.65 bits per heavy atom. The van der Waals surface area contributed by atoms with Crippen molar-refractivity contribution in [2.45, 2.75) is 32.2 Å². The number of rotatable bonds is 8. The number of benzene rings is 1. The lowest BCUT2D eigenvalue weighted by molar-refractivity contribution is -0.137. The molecule has 0 bridgehead atoms. The Labute approximate surface area is 117 Å². The van der Waals surface area contributed by atoms with E-state index in [0.29, 0.717) is 18.5 Å². The minimum absolute atomic E-state index is 0.158. The molecule has 20 heavy (non-hydrogen) atoms. The van der Waals surface area contributed by atoms with Crippen molar-refractivity contribution in [3.8, 4) is 0 Å². The summed E-state index contributed by atoms with van der Waals surface area (Å²) in [6, 6.07) is 5.72. The Kier molecular flexibility index (Phi) is 7.10. The molecule has 0 aromatic heterocycles. The molecule has 0 radical (unpaired) electrons.